The molecule has 1 atom stereocenters. The van der Waals surface area contributed by atoms with Crippen molar-refractivity contribution in [2.75, 3.05) is 32.7 Å². The molecule has 2 rings (SSSR count). The molecule has 0 aromatic rings. The molecule has 0 bridgehead atoms. The first-order chi connectivity index (χ1) is 7.85. The van der Waals surface area contributed by atoms with Gasteiger partial charge in [-0.1, -0.05) is 19.8 Å². The molecule has 0 aromatic carbocycles. The molecule has 2 fully saturated rings. The Bertz CT molecular complexity index is 185. The van der Waals surface area contributed by atoms with Crippen molar-refractivity contribution in [3.05, 3.63) is 0 Å². The van der Waals surface area contributed by atoms with E-state index in [2.05, 4.69) is 17.1 Å². The van der Waals surface area contributed by atoms with E-state index in [1.807, 2.05) is 0 Å². The van der Waals surface area contributed by atoms with E-state index in [-0.39, 0.29) is 0 Å². The second-order valence-corrected chi connectivity index (χ2v) is 5.87. The van der Waals surface area contributed by atoms with Crippen molar-refractivity contribution in [1.82, 2.24) is 10.2 Å². The van der Waals surface area contributed by atoms with Gasteiger partial charge in [-0.05, 0) is 57.2 Å². The van der Waals surface area contributed by atoms with Gasteiger partial charge in [-0.2, -0.15) is 0 Å². The van der Waals surface area contributed by atoms with E-state index in [0.29, 0.717) is 5.41 Å². The number of piperidine rings is 2. The van der Waals surface area contributed by atoms with Crippen molar-refractivity contribution in [2.24, 2.45) is 5.41 Å². The summed E-state index contributed by atoms with van der Waals surface area (Å²) in [5.74, 6) is 0. The smallest absolute Gasteiger partial charge is 0.00501 e. The van der Waals surface area contributed by atoms with Crippen LogP contribution < -0.4 is 5.32 Å². The van der Waals surface area contributed by atoms with Gasteiger partial charge in [-0.15, -0.1) is 0 Å². The molecule has 1 unspecified atom stereocenters. The summed E-state index contributed by atoms with van der Waals surface area (Å²) in [5.41, 5.74) is 0.602. The summed E-state index contributed by atoms with van der Waals surface area (Å²) >= 11 is 0. The molecule has 2 aliphatic rings. The summed E-state index contributed by atoms with van der Waals surface area (Å²) in [6.45, 7) is 8.90. The van der Waals surface area contributed by atoms with E-state index in [4.69, 9.17) is 0 Å². The van der Waals surface area contributed by atoms with Gasteiger partial charge in [0, 0.05) is 13.1 Å². The van der Waals surface area contributed by atoms with Crippen LogP contribution >= 0.6 is 0 Å². The van der Waals surface area contributed by atoms with Gasteiger partial charge in [-0.3, -0.25) is 0 Å². The third-order valence-corrected chi connectivity index (χ3v) is 4.35. The molecule has 2 aliphatic heterocycles. The van der Waals surface area contributed by atoms with E-state index in [1.165, 1.54) is 77.7 Å². The van der Waals surface area contributed by atoms with Crippen molar-refractivity contribution >= 4 is 0 Å². The summed E-state index contributed by atoms with van der Waals surface area (Å²) in [5, 5.41) is 3.62. The first-order valence-electron chi connectivity index (χ1n) is 7.28. The molecule has 1 N–H and O–H groups in total. The Kier molecular flexibility index (Phi) is 4.66. The minimum absolute atomic E-state index is 0.602. The first-order valence-corrected chi connectivity index (χ1v) is 7.28. The summed E-state index contributed by atoms with van der Waals surface area (Å²) < 4.78 is 0. The highest BCUT2D eigenvalue weighted by molar-refractivity contribution is 4.88. The van der Waals surface area contributed by atoms with Gasteiger partial charge in [0.1, 0.15) is 0 Å². The SMILES string of the molecule is CCCC1(CN2CCCCC2)CCCNC1. The Labute approximate surface area is 101 Å². The lowest BCUT2D eigenvalue weighted by molar-refractivity contribution is 0.0931. The van der Waals surface area contributed by atoms with Gasteiger partial charge in [0.25, 0.3) is 0 Å². The van der Waals surface area contributed by atoms with E-state index in [0.717, 1.165) is 0 Å². The van der Waals surface area contributed by atoms with Crippen molar-refractivity contribution in [3.8, 4) is 0 Å². The summed E-state index contributed by atoms with van der Waals surface area (Å²) in [4.78, 5) is 2.73. The minimum Gasteiger partial charge on any atom is -0.316 e. The lowest BCUT2D eigenvalue weighted by Gasteiger charge is -2.42. The number of likely N-dealkylation sites (tertiary alicyclic amines) is 1. The van der Waals surface area contributed by atoms with E-state index >= 15 is 0 Å². The topological polar surface area (TPSA) is 15.3 Å². The third kappa shape index (κ3) is 3.21. The summed E-state index contributed by atoms with van der Waals surface area (Å²) in [7, 11) is 0. The van der Waals surface area contributed by atoms with Gasteiger partial charge in [0.15, 0.2) is 0 Å². The van der Waals surface area contributed by atoms with Crippen LogP contribution in [0.1, 0.15) is 51.9 Å². The molecule has 2 nitrogen and oxygen atoms in total. The third-order valence-electron chi connectivity index (χ3n) is 4.35. The number of nitrogens with one attached hydrogen (secondary N) is 1. The quantitative estimate of drug-likeness (QED) is 0.790. The average Bonchev–Trinajstić information content (AvgIpc) is 2.31. The average molecular weight is 224 g/mol. The normalized spacial score (nSPS) is 32.8. The molecule has 16 heavy (non-hydrogen) atoms. The van der Waals surface area contributed by atoms with Crippen molar-refractivity contribution in [1.29, 1.82) is 0 Å². The molecule has 0 spiro atoms. The van der Waals surface area contributed by atoms with E-state index in [9.17, 15) is 0 Å². The van der Waals surface area contributed by atoms with Gasteiger partial charge in [0.05, 0.1) is 0 Å². The monoisotopic (exact) mass is 224 g/mol. The molecular weight excluding hydrogens is 196 g/mol. The van der Waals surface area contributed by atoms with Crippen LogP contribution in [0, 0.1) is 5.41 Å². The van der Waals surface area contributed by atoms with Crippen LogP contribution in [0.3, 0.4) is 0 Å². The second-order valence-electron chi connectivity index (χ2n) is 5.87. The standard InChI is InChI=1S/C14H28N2/c1-2-7-14(8-6-9-15-12-14)13-16-10-4-3-5-11-16/h15H,2-13H2,1H3. The lowest BCUT2D eigenvalue weighted by atomic mass is 9.76. The molecule has 0 aliphatic carbocycles. The minimum atomic E-state index is 0.602. The summed E-state index contributed by atoms with van der Waals surface area (Å²) in [6, 6.07) is 0. The molecule has 0 radical (unpaired) electrons. The van der Waals surface area contributed by atoms with Crippen molar-refractivity contribution < 1.29 is 0 Å². The number of rotatable bonds is 4. The van der Waals surface area contributed by atoms with Crippen LogP contribution in [0.5, 0.6) is 0 Å². The maximum absolute atomic E-state index is 3.62. The fourth-order valence-corrected chi connectivity index (χ4v) is 3.58. The molecule has 2 saturated heterocycles. The van der Waals surface area contributed by atoms with Gasteiger partial charge in [-0.25, -0.2) is 0 Å². The Morgan fingerprint density at radius 1 is 1.12 bits per heavy atom. The number of nitrogens with zero attached hydrogens (tertiary/aromatic N) is 1. The van der Waals surface area contributed by atoms with Crippen LogP contribution in [0.15, 0.2) is 0 Å². The summed E-state index contributed by atoms with van der Waals surface area (Å²) in [6.07, 6.45) is 9.89. The highest BCUT2D eigenvalue weighted by Gasteiger charge is 2.33. The fourth-order valence-electron chi connectivity index (χ4n) is 3.58. The van der Waals surface area contributed by atoms with E-state index < -0.39 is 0 Å². The Hall–Kier alpha value is -0.0800. The molecule has 94 valence electrons. The predicted molar refractivity (Wildman–Crippen MR) is 69.7 cm³/mol. The largest absolute Gasteiger partial charge is 0.316 e. The van der Waals surface area contributed by atoms with Crippen LogP contribution in [-0.2, 0) is 0 Å². The number of hydrogen-bond acceptors (Lipinski definition) is 2. The van der Waals surface area contributed by atoms with Crippen molar-refractivity contribution in [3.63, 3.8) is 0 Å². The van der Waals surface area contributed by atoms with Crippen LogP contribution in [0.25, 0.3) is 0 Å². The zero-order valence-electron chi connectivity index (χ0n) is 10.9. The van der Waals surface area contributed by atoms with Crippen LogP contribution in [0.2, 0.25) is 0 Å². The highest BCUT2D eigenvalue weighted by atomic mass is 15.1. The molecular formula is C14H28N2. The van der Waals surface area contributed by atoms with E-state index in [1.54, 1.807) is 0 Å². The lowest BCUT2D eigenvalue weighted by Crippen LogP contribution is -2.48. The van der Waals surface area contributed by atoms with Crippen LogP contribution in [-0.4, -0.2) is 37.6 Å². The maximum atomic E-state index is 3.62. The molecule has 2 heteroatoms. The Balaban J connectivity index is 1.89. The van der Waals surface area contributed by atoms with Gasteiger partial charge in [0.2, 0.25) is 0 Å². The van der Waals surface area contributed by atoms with Crippen molar-refractivity contribution in [2.45, 2.75) is 51.9 Å². The molecule has 2 heterocycles. The fraction of sp³-hybridized carbons (Fsp3) is 1.00. The molecule has 0 saturated carbocycles. The maximum Gasteiger partial charge on any atom is 0.00501 e. The highest BCUT2D eigenvalue weighted by Crippen LogP contribution is 2.33. The molecule has 0 aromatic heterocycles. The van der Waals surface area contributed by atoms with Gasteiger partial charge < -0.3 is 10.2 Å². The molecule has 0 amide bonds. The zero-order chi connectivity index (χ0) is 11.3. The Morgan fingerprint density at radius 3 is 2.56 bits per heavy atom. The number of hydrogen-bond donors (Lipinski definition) is 1. The second kappa shape index (κ2) is 6.02. The van der Waals surface area contributed by atoms with Crippen LogP contribution in [0.4, 0.5) is 0 Å². The van der Waals surface area contributed by atoms with Gasteiger partial charge >= 0.3 is 0 Å². The zero-order valence-corrected chi connectivity index (χ0v) is 10.9. The Morgan fingerprint density at radius 2 is 1.94 bits per heavy atom. The first kappa shape index (κ1) is 12.4. The predicted octanol–water partition coefficient (Wildman–Crippen LogP) is 2.64.